The first-order chi connectivity index (χ1) is 16.2. The first kappa shape index (κ1) is 22.9. The maximum atomic E-state index is 5.97. The largest absolute Gasteiger partial charge is 0.494 e. The number of piperidine rings is 1. The summed E-state index contributed by atoms with van der Waals surface area (Å²) >= 11 is 0. The number of nitrogens with zero attached hydrogens (tertiary/aromatic N) is 1. The van der Waals surface area contributed by atoms with Crippen molar-refractivity contribution >= 4 is 0 Å². The van der Waals surface area contributed by atoms with E-state index in [4.69, 9.17) is 4.74 Å². The first-order valence-electron chi connectivity index (χ1n) is 13.4. The van der Waals surface area contributed by atoms with Crippen LogP contribution in [-0.4, -0.2) is 37.7 Å². The predicted molar refractivity (Wildman–Crippen MR) is 137 cm³/mol. The van der Waals surface area contributed by atoms with Crippen molar-refractivity contribution in [2.24, 2.45) is 11.8 Å². The summed E-state index contributed by atoms with van der Waals surface area (Å²) in [6.07, 6.45) is 10.5. The average molecular weight is 447 g/mol. The third kappa shape index (κ3) is 4.72. The lowest BCUT2D eigenvalue weighted by molar-refractivity contribution is 0.0542. The molecular formula is C30H42N2O. The van der Waals surface area contributed by atoms with Crippen molar-refractivity contribution in [3.8, 4) is 5.75 Å². The summed E-state index contributed by atoms with van der Waals surface area (Å²) in [7, 11) is 0. The summed E-state index contributed by atoms with van der Waals surface area (Å²) in [5, 5.41) is 4.18. The summed E-state index contributed by atoms with van der Waals surface area (Å²) in [6.45, 7) is 10.0. The van der Waals surface area contributed by atoms with Crippen molar-refractivity contribution in [3.63, 3.8) is 0 Å². The Bertz CT molecular complexity index is 909. The summed E-state index contributed by atoms with van der Waals surface area (Å²) in [5.74, 6) is 2.55. The second-order valence-corrected chi connectivity index (χ2v) is 10.8. The van der Waals surface area contributed by atoms with Gasteiger partial charge in [0.15, 0.2) is 0 Å². The minimum atomic E-state index is 0.205. The summed E-state index contributed by atoms with van der Waals surface area (Å²) in [4.78, 5) is 2.68. The maximum absolute atomic E-state index is 5.97. The lowest BCUT2D eigenvalue weighted by Crippen LogP contribution is -2.58. The molecule has 1 unspecified atom stereocenters. The van der Waals surface area contributed by atoms with Gasteiger partial charge in [-0.25, -0.2) is 0 Å². The Hall–Kier alpha value is -1.84. The van der Waals surface area contributed by atoms with Crippen LogP contribution in [0.4, 0.5) is 0 Å². The Kier molecular flexibility index (Phi) is 7.08. The van der Waals surface area contributed by atoms with Crippen LogP contribution in [0, 0.1) is 25.7 Å². The Labute approximate surface area is 200 Å². The lowest BCUT2D eigenvalue weighted by Gasteiger charge is -2.52. The van der Waals surface area contributed by atoms with Gasteiger partial charge in [0.1, 0.15) is 5.75 Å². The molecule has 3 heteroatoms. The number of rotatable bonds is 7. The van der Waals surface area contributed by atoms with Gasteiger partial charge in [-0.3, -0.25) is 0 Å². The molecule has 3 aliphatic rings. The minimum absolute atomic E-state index is 0.205. The fourth-order valence-electron chi connectivity index (χ4n) is 7.08. The van der Waals surface area contributed by atoms with Gasteiger partial charge in [-0.05, 0) is 106 Å². The molecule has 2 fully saturated rings. The van der Waals surface area contributed by atoms with Gasteiger partial charge < -0.3 is 15.0 Å². The van der Waals surface area contributed by atoms with E-state index < -0.39 is 0 Å². The number of hydrogen-bond acceptors (Lipinski definition) is 3. The Morgan fingerprint density at radius 1 is 0.939 bits per heavy atom. The number of likely N-dealkylation sites (tertiary alicyclic amines) is 1. The fraction of sp³-hybridized carbons (Fsp3) is 0.600. The molecule has 178 valence electrons. The predicted octanol–water partition coefficient (Wildman–Crippen LogP) is 6.02. The Morgan fingerprint density at radius 3 is 2.42 bits per heavy atom. The molecular weight excluding hydrogens is 404 g/mol. The maximum Gasteiger partial charge on any atom is 0.119 e. The third-order valence-corrected chi connectivity index (χ3v) is 8.79. The molecule has 0 amide bonds. The second-order valence-electron chi connectivity index (χ2n) is 10.8. The SMILES string of the molecule is Cc1ccc(OCCCN2CCC(C3(C4CCCC4)NCCc4c(C)cccc43)CC2)cc1. The van der Waals surface area contributed by atoms with E-state index in [1.165, 1.54) is 69.2 Å². The van der Waals surface area contributed by atoms with Crippen molar-refractivity contribution in [2.45, 2.75) is 70.8 Å². The number of hydrogen-bond donors (Lipinski definition) is 1. The standard InChI is InChI=1S/C30H42N2O/c1-23-11-13-27(14-12-23)33-22-6-19-32-20-16-26(17-21-32)30(25-8-3-4-9-25)29-10-5-7-24(2)28(29)15-18-31-30/h5,7,10-14,25-26,31H,3-4,6,8-9,15-22H2,1-2H3. The normalized spacial score (nSPS) is 24.7. The van der Waals surface area contributed by atoms with Gasteiger partial charge in [-0.2, -0.15) is 0 Å². The van der Waals surface area contributed by atoms with E-state index in [1.807, 2.05) is 0 Å². The van der Waals surface area contributed by atoms with E-state index in [2.05, 4.69) is 66.5 Å². The fourth-order valence-corrected chi connectivity index (χ4v) is 7.08. The van der Waals surface area contributed by atoms with Gasteiger partial charge in [0.05, 0.1) is 6.61 Å². The molecule has 1 N–H and O–H groups in total. The molecule has 3 nitrogen and oxygen atoms in total. The molecule has 0 radical (unpaired) electrons. The average Bonchev–Trinajstić information content (AvgIpc) is 3.39. The molecule has 2 aliphatic heterocycles. The van der Waals surface area contributed by atoms with Crippen molar-refractivity contribution in [2.75, 3.05) is 32.8 Å². The number of ether oxygens (including phenoxy) is 1. The van der Waals surface area contributed by atoms with Crippen LogP contribution in [0.15, 0.2) is 42.5 Å². The Morgan fingerprint density at radius 2 is 1.67 bits per heavy atom. The van der Waals surface area contributed by atoms with E-state index in [1.54, 1.807) is 11.1 Å². The molecule has 2 aromatic carbocycles. The van der Waals surface area contributed by atoms with E-state index in [-0.39, 0.29) is 5.54 Å². The number of benzene rings is 2. The summed E-state index contributed by atoms with van der Waals surface area (Å²) in [5.41, 5.74) is 6.30. The second kappa shape index (κ2) is 10.2. The van der Waals surface area contributed by atoms with Gasteiger partial charge in [-0.15, -0.1) is 0 Å². The number of nitrogens with one attached hydrogen (secondary N) is 1. The topological polar surface area (TPSA) is 24.5 Å². The zero-order valence-corrected chi connectivity index (χ0v) is 20.7. The van der Waals surface area contributed by atoms with Crippen LogP contribution in [-0.2, 0) is 12.0 Å². The monoisotopic (exact) mass is 446 g/mol. The molecule has 2 aromatic rings. The number of aryl methyl sites for hydroxylation is 2. The van der Waals surface area contributed by atoms with E-state index in [0.717, 1.165) is 43.7 Å². The van der Waals surface area contributed by atoms with Crippen LogP contribution >= 0.6 is 0 Å². The van der Waals surface area contributed by atoms with E-state index >= 15 is 0 Å². The molecule has 2 heterocycles. The minimum Gasteiger partial charge on any atom is -0.494 e. The van der Waals surface area contributed by atoms with Gasteiger partial charge in [-0.1, -0.05) is 48.7 Å². The van der Waals surface area contributed by atoms with Crippen molar-refractivity contribution in [3.05, 3.63) is 64.7 Å². The highest BCUT2D eigenvalue weighted by molar-refractivity contribution is 5.43. The van der Waals surface area contributed by atoms with E-state index in [0.29, 0.717) is 0 Å². The quantitative estimate of drug-likeness (QED) is 0.527. The zero-order chi connectivity index (χ0) is 22.7. The smallest absolute Gasteiger partial charge is 0.119 e. The van der Waals surface area contributed by atoms with Crippen LogP contribution in [0.25, 0.3) is 0 Å². The van der Waals surface area contributed by atoms with Crippen LogP contribution < -0.4 is 10.1 Å². The molecule has 1 saturated carbocycles. The zero-order valence-electron chi connectivity index (χ0n) is 20.7. The Balaban J connectivity index is 1.21. The molecule has 5 rings (SSSR count). The molecule has 1 saturated heterocycles. The van der Waals surface area contributed by atoms with Crippen molar-refractivity contribution < 1.29 is 4.74 Å². The van der Waals surface area contributed by atoms with Gasteiger partial charge in [0.2, 0.25) is 0 Å². The van der Waals surface area contributed by atoms with Crippen molar-refractivity contribution in [1.29, 1.82) is 0 Å². The van der Waals surface area contributed by atoms with E-state index in [9.17, 15) is 0 Å². The summed E-state index contributed by atoms with van der Waals surface area (Å²) in [6, 6.07) is 15.5. The lowest BCUT2D eigenvalue weighted by atomic mass is 9.62. The van der Waals surface area contributed by atoms with Crippen molar-refractivity contribution in [1.82, 2.24) is 10.2 Å². The number of fused-ring (bicyclic) bond motifs is 1. The summed E-state index contributed by atoms with van der Waals surface area (Å²) < 4.78 is 5.97. The molecule has 33 heavy (non-hydrogen) atoms. The molecule has 0 spiro atoms. The van der Waals surface area contributed by atoms with Crippen LogP contribution in [0.5, 0.6) is 5.75 Å². The highest BCUT2D eigenvalue weighted by Gasteiger charge is 2.50. The highest BCUT2D eigenvalue weighted by atomic mass is 16.5. The van der Waals surface area contributed by atoms with Crippen LogP contribution in [0.3, 0.4) is 0 Å². The molecule has 0 aromatic heterocycles. The molecule has 1 atom stereocenters. The van der Waals surface area contributed by atoms with Crippen LogP contribution in [0.1, 0.15) is 67.2 Å². The van der Waals surface area contributed by atoms with Gasteiger partial charge in [0, 0.05) is 18.6 Å². The van der Waals surface area contributed by atoms with Gasteiger partial charge in [0.25, 0.3) is 0 Å². The van der Waals surface area contributed by atoms with Crippen LogP contribution in [0.2, 0.25) is 0 Å². The third-order valence-electron chi connectivity index (χ3n) is 8.79. The highest BCUT2D eigenvalue weighted by Crippen LogP contribution is 2.50. The first-order valence-corrected chi connectivity index (χ1v) is 13.4. The van der Waals surface area contributed by atoms with Gasteiger partial charge >= 0.3 is 0 Å². The molecule has 0 bridgehead atoms. The molecule has 1 aliphatic carbocycles.